The number of aryl methyl sites for hydroxylation is 1. The molecule has 0 saturated carbocycles. The summed E-state index contributed by atoms with van der Waals surface area (Å²) in [5.41, 5.74) is 0.907. The van der Waals surface area contributed by atoms with Crippen LogP contribution >= 0.6 is 11.3 Å². The van der Waals surface area contributed by atoms with Gasteiger partial charge in [-0.1, -0.05) is 0 Å². The van der Waals surface area contributed by atoms with Gasteiger partial charge in [-0.3, -0.25) is 4.98 Å². The van der Waals surface area contributed by atoms with Crippen LogP contribution in [0.5, 0.6) is 0 Å². The van der Waals surface area contributed by atoms with Crippen LogP contribution in [-0.2, 0) is 9.84 Å². The highest BCUT2D eigenvalue weighted by Gasteiger charge is 2.17. The van der Waals surface area contributed by atoms with Gasteiger partial charge in [0.25, 0.3) is 0 Å². The minimum atomic E-state index is -3.29. The molecule has 90 valence electrons. The van der Waals surface area contributed by atoms with Crippen LogP contribution < -0.4 is 0 Å². The molecule has 0 atom stereocenters. The Bertz CT molecular complexity index is 665. The normalized spacial score (nSPS) is 11.7. The Morgan fingerprint density at radius 2 is 2.06 bits per heavy atom. The first-order valence-corrected chi connectivity index (χ1v) is 7.37. The molecule has 2 rings (SSSR count). The van der Waals surface area contributed by atoms with E-state index < -0.39 is 15.7 Å². The number of rotatable bonds is 2. The highest BCUT2D eigenvalue weighted by molar-refractivity contribution is 7.92. The van der Waals surface area contributed by atoms with Gasteiger partial charge < -0.3 is 0 Å². The van der Waals surface area contributed by atoms with Gasteiger partial charge in [0, 0.05) is 18.0 Å². The van der Waals surface area contributed by atoms with Gasteiger partial charge in [0.05, 0.1) is 11.9 Å². The first-order valence-electron chi connectivity index (χ1n) is 4.66. The number of nitrogens with zero attached hydrogens (tertiary/aromatic N) is 2. The largest absolute Gasteiger partial charge is 0.261 e. The fourth-order valence-electron chi connectivity index (χ4n) is 1.38. The Balaban J connectivity index is 2.56. The quantitative estimate of drug-likeness (QED) is 0.839. The van der Waals surface area contributed by atoms with Crippen LogP contribution in [0.15, 0.2) is 22.7 Å². The molecule has 17 heavy (non-hydrogen) atoms. The molecule has 0 aliphatic rings. The van der Waals surface area contributed by atoms with Crippen LogP contribution in [0.3, 0.4) is 0 Å². The Morgan fingerprint density at radius 3 is 2.59 bits per heavy atom. The summed E-state index contributed by atoms with van der Waals surface area (Å²) in [6, 6.07) is 1.28. The molecule has 7 heteroatoms. The topological polar surface area (TPSA) is 59.9 Å². The van der Waals surface area contributed by atoms with E-state index in [0.29, 0.717) is 16.3 Å². The lowest BCUT2D eigenvalue weighted by Gasteiger charge is -1.94. The Kier molecular flexibility index (Phi) is 2.96. The predicted octanol–water partition coefficient (Wildman–Crippen LogP) is 2.06. The number of hydrogen-bond acceptors (Lipinski definition) is 5. The first kappa shape index (κ1) is 12.1. The Hall–Kier alpha value is -1.34. The molecule has 0 N–H and O–H groups in total. The molecule has 0 radical (unpaired) electrons. The number of halogens is 1. The second-order valence-corrected chi connectivity index (χ2v) is 6.77. The van der Waals surface area contributed by atoms with Crippen molar-refractivity contribution in [3.63, 3.8) is 0 Å². The van der Waals surface area contributed by atoms with Gasteiger partial charge in [-0.2, -0.15) is 0 Å². The fraction of sp³-hybridized carbons (Fsp3) is 0.200. The number of hydrogen-bond donors (Lipinski definition) is 0. The molecular weight excluding hydrogens is 263 g/mol. The van der Waals surface area contributed by atoms with Crippen LogP contribution in [0.4, 0.5) is 4.39 Å². The maximum atomic E-state index is 13.0. The standard InChI is InChI=1S/C10H9FN2O2S2/c1-6-10(17(2,14)15)16-9(13-6)7-3-8(11)5-12-4-7/h3-5H,1-2H3. The molecule has 0 amide bonds. The fourth-order valence-corrected chi connectivity index (χ4v) is 3.58. The minimum Gasteiger partial charge on any atom is -0.261 e. The summed E-state index contributed by atoms with van der Waals surface area (Å²) in [4.78, 5) is 7.83. The molecule has 0 bridgehead atoms. The third kappa shape index (κ3) is 2.50. The van der Waals surface area contributed by atoms with Crippen LogP contribution in [-0.4, -0.2) is 24.6 Å². The van der Waals surface area contributed by atoms with Crippen molar-refractivity contribution in [3.8, 4) is 10.6 Å². The van der Waals surface area contributed by atoms with Crippen molar-refractivity contribution in [2.75, 3.05) is 6.26 Å². The molecule has 0 saturated heterocycles. The summed E-state index contributed by atoms with van der Waals surface area (Å²) in [6.45, 7) is 1.61. The van der Waals surface area contributed by atoms with Crippen LogP contribution in [0, 0.1) is 12.7 Å². The lowest BCUT2D eigenvalue weighted by atomic mass is 10.3. The van der Waals surface area contributed by atoms with Crippen LogP contribution in [0.1, 0.15) is 5.69 Å². The van der Waals surface area contributed by atoms with Crippen molar-refractivity contribution >= 4 is 21.2 Å². The van der Waals surface area contributed by atoms with E-state index in [0.717, 1.165) is 23.8 Å². The molecule has 0 aliphatic heterocycles. The summed E-state index contributed by atoms with van der Waals surface area (Å²) in [5.74, 6) is -0.476. The molecule has 2 aromatic rings. The zero-order valence-electron chi connectivity index (χ0n) is 9.14. The number of aromatic nitrogens is 2. The lowest BCUT2D eigenvalue weighted by Crippen LogP contribution is -1.95. The second-order valence-electron chi connectivity index (χ2n) is 3.56. The lowest BCUT2D eigenvalue weighted by molar-refractivity contribution is 0.603. The van der Waals surface area contributed by atoms with Gasteiger partial charge in [0.2, 0.25) is 0 Å². The van der Waals surface area contributed by atoms with Crippen molar-refractivity contribution in [3.05, 3.63) is 30.0 Å². The molecule has 0 aromatic carbocycles. The molecule has 0 fully saturated rings. The van der Waals surface area contributed by atoms with E-state index in [1.165, 1.54) is 12.3 Å². The van der Waals surface area contributed by atoms with Crippen molar-refractivity contribution in [2.45, 2.75) is 11.1 Å². The highest BCUT2D eigenvalue weighted by Crippen LogP contribution is 2.30. The average molecular weight is 272 g/mol. The van der Waals surface area contributed by atoms with Gasteiger partial charge in [0.1, 0.15) is 15.0 Å². The second kappa shape index (κ2) is 4.15. The Labute approximate surface area is 102 Å². The smallest absolute Gasteiger partial charge is 0.186 e. The molecular formula is C10H9FN2O2S2. The summed E-state index contributed by atoms with van der Waals surface area (Å²) in [5, 5.41) is 0.454. The number of sulfone groups is 1. The summed E-state index contributed by atoms with van der Waals surface area (Å²) < 4.78 is 36.1. The maximum absolute atomic E-state index is 13.0. The molecule has 0 unspecified atom stereocenters. The van der Waals surface area contributed by atoms with Crippen molar-refractivity contribution < 1.29 is 12.8 Å². The molecule has 2 heterocycles. The zero-order valence-corrected chi connectivity index (χ0v) is 10.8. The number of pyridine rings is 1. The van der Waals surface area contributed by atoms with E-state index in [4.69, 9.17) is 0 Å². The van der Waals surface area contributed by atoms with Crippen molar-refractivity contribution in [1.29, 1.82) is 0 Å². The third-order valence-corrected chi connectivity index (χ3v) is 5.17. The molecule has 4 nitrogen and oxygen atoms in total. The average Bonchev–Trinajstić information content (AvgIpc) is 2.60. The minimum absolute atomic E-state index is 0.205. The van der Waals surface area contributed by atoms with Gasteiger partial charge in [0.15, 0.2) is 9.84 Å². The first-order chi connectivity index (χ1) is 7.88. The summed E-state index contributed by atoms with van der Waals surface area (Å²) in [7, 11) is -3.29. The van der Waals surface area contributed by atoms with Gasteiger partial charge in [-0.05, 0) is 13.0 Å². The SMILES string of the molecule is Cc1nc(-c2cncc(F)c2)sc1S(C)(=O)=O. The Morgan fingerprint density at radius 1 is 1.35 bits per heavy atom. The predicted molar refractivity (Wildman–Crippen MR) is 63.1 cm³/mol. The number of thiazole rings is 1. The maximum Gasteiger partial charge on any atom is 0.186 e. The van der Waals surface area contributed by atoms with E-state index in [1.54, 1.807) is 6.92 Å². The third-order valence-electron chi connectivity index (χ3n) is 2.04. The van der Waals surface area contributed by atoms with Gasteiger partial charge in [-0.25, -0.2) is 17.8 Å². The molecule has 2 aromatic heterocycles. The van der Waals surface area contributed by atoms with Crippen molar-refractivity contribution in [1.82, 2.24) is 9.97 Å². The van der Waals surface area contributed by atoms with E-state index in [2.05, 4.69) is 9.97 Å². The van der Waals surface area contributed by atoms with Crippen molar-refractivity contribution in [2.24, 2.45) is 0 Å². The molecule has 0 aliphatic carbocycles. The van der Waals surface area contributed by atoms with E-state index in [-0.39, 0.29) is 4.21 Å². The monoisotopic (exact) mass is 272 g/mol. The van der Waals surface area contributed by atoms with E-state index in [1.807, 2.05) is 0 Å². The molecule has 0 spiro atoms. The summed E-state index contributed by atoms with van der Waals surface area (Å²) >= 11 is 1.02. The van der Waals surface area contributed by atoms with Gasteiger partial charge in [-0.15, -0.1) is 11.3 Å². The summed E-state index contributed by atoms with van der Waals surface area (Å²) in [6.07, 6.45) is 3.66. The van der Waals surface area contributed by atoms with Gasteiger partial charge >= 0.3 is 0 Å². The highest BCUT2D eigenvalue weighted by atomic mass is 32.2. The van der Waals surface area contributed by atoms with E-state index >= 15 is 0 Å². The zero-order chi connectivity index (χ0) is 12.6. The van der Waals surface area contributed by atoms with E-state index in [9.17, 15) is 12.8 Å². The van der Waals surface area contributed by atoms with Crippen LogP contribution in [0.25, 0.3) is 10.6 Å². The van der Waals surface area contributed by atoms with Crippen LogP contribution in [0.2, 0.25) is 0 Å².